The summed E-state index contributed by atoms with van der Waals surface area (Å²) in [5.74, 6) is 1.05. The Kier molecular flexibility index (Phi) is 4.63. The van der Waals surface area contributed by atoms with Crippen LogP contribution in [0.2, 0.25) is 5.02 Å². The van der Waals surface area contributed by atoms with Crippen molar-refractivity contribution in [2.24, 2.45) is 16.6 Å². The predicted molar refractivity (Wildman–Crippen MR) is 66.5 cm³/mol. The number of halogens is 1. The molecule has 0 aliphatic rings. The van der Waals surface area contributed by atoms with Crippen LogP contribution in [0.15, 0.2) is 29.3 Å². The molecule has 0 saturated carbocycles. The van der Waals surface area contributed by atoms with Gasteiger partial charge >= 0.3 is 0 Å². The zero-order valence-corrected chi connectivity index (χ0v) is 9.96. The highest BCUT2D eigenvalue weighted by Gasteiger charge is 1.98. The van der Waals surface area contributed by atoms with E-state index in [0.29, 0.717) is 5.92 Å². The van der Waals surface area contributed by atoms with Gasteiger partial charge in [0, 0.05) is 17.5 Å². The summed E-state index contributed by atoms with van der Waals surface area (Å²) in [6.07, 6.45) is 0.907. The molecule has 0 saturated heterocycles. The fourth-order valence-corrected chi connectivity index (χ4v) is 1.27. The van der Waals surface area contributed by atoms with Gasteiger partial charge in [0.2, 0.25) is 0 Å². The summed E-state index contributed by atoms with van der Waals surface area (Å²) in [7, 11) is 0. The van der Waals surface area contributed by atoms with E-state index in [9.17, 15) is 0 Å². The van der Waals surface area contributed by atoms with Crippen LogP contribution in [0.1, 0.15) is 19.4 Å². The Labute approximate surface area is 96.2 Å². The molecule has 0 aliphatic heterocycles. The molecule has 0 aliphatic carbocycles. The van der Waals surface area contributed by atoms with Crippen molar-refractivity contribution in [1.29, 1.82) is 0 Å². The molecule has 2 N–H and O–H groups in total. The molecule has 0 atom stereocenters. The molecule has 1 aromatic rings. The number of hydrogen-bond donors (Lipinski definition) is 1. The summed E-state index contributed by atoms with van der Waals surface area (Å²) >= 11 is 5.79. The van der Waals surface area contributed by atoms with Crippen molar-refractivity contribution in [2.75, 3.05) is 6.54 Å². The van der Waals surface area contributed by atoms with Crippen LogP contribution in [0.4, 0.5) is 0 Å². The second-order valence-corrected chi connectivity index (χ2v) is 4.27. The van der Waals surface area contributed by atoms with E-state index in [2.05, 4.69) is 4.99 Å². The van der Waals surface area contributed by atoms with Crippen molar-refractivity contribution in [2.45, 2.75) is 20.3 Å². The van der Waals surface area contributed by atoms with Gasteiger partial charge in [0.25, 0.3) is 0 Å². The summed E-state index contributed by atoms with van der Waals surface area (Å²) in [5, 5.41) is 0.768. The fraction of sp³-hybridized carbons (Fsp3) is 0.417. The first kappa shape index (κ1) is 12.1. The van der Waals surface area contributed by atoms with Gasteiger partial charge in [-0.2, -0.15) is 0 Å². The summed E-state index contributed by atoms with van der Waals surface area (Å²) < 4.78 is 0. The van der Waals surface area contributed by atoms with Gasteiger partial charge < -0.3 is 5.73 Å². The number of nitrogens with zero attached hydrogens (tertiary/aromatic N) is 1. The minimum Gasteiger partial charge on any atom is -0.387 e. The van der Waals surface area contributed by atoms with Gasteiger partial charge in [-0.15, -0.1) is 0 Å². The Morgan fingerprint density at radius 2 is 1.93 bits per heavy atom. The molecule has 0 aromatic heterocycles. The summed E-state index contributed by atoms with van der Waals surface area (Å²) in [6, 6.07) is 7.83. The highest BCUT2D eigenvalue weighted by Crippen LogP contribution is 2.09. The van der Waals surface area contributed by atoms with Gasteiger partial charge in [-0.3, -0.25) is 4.99 Å². The zero-order valence-electron chi connectivity index (χ0n) is 9.20. The van der Waals surface area contributed by atoms with Crippen molar-refractivity contribution in [3.63, 3.8) is 0 Å². The minimum absolute atomic E-state index is 0.329. The molecule has 1 aromatic carbocycles. The van der Waals surface area contributed by atoms with Gasteiger partial charge in [0.15, 0.2) is 0 Å². The largest absolute Gasteiger partial charge is 0.387 e. The first-order valence-corrected chi connectivity index (χ1v) is 5.51. The van der Waals surface area contributed by atoms with Crippen LogP contribution in [-0.2, 0) is 6.42 Å². The van der Waals surface area contributed by atoms with Gasteiger partial charge in [-0.1, -0.05) is 37.6 Å². The van der Waals surface area contributed by atoms with E-state index in [1.54, 1.807) is 0 Å². The third-order valence-corrected chi connectivity index (χ3v) is 2.45. The number of benzene rings is 1. The van der Waals surface area contributed by atoms with Crippen LogP contribution >= 0.6 is 11.6 Å². The highest BCUT2D eigenvalue weighted by atomic mass is 35.5. The number of amidine groups is 1. The standard InChI is InChI=1S/C12H17ClN2/c1-9(2)12(14)15-8-7-10-3-5-11(13)6-4-10/h3-6,9H,7-8H2,1-2H3,(H2,14,15). The maximum Gasteiger partial charge on any atom is 0.0962 e. The Morgan fingerprint density at radius 3 is 2.47 bits per heavy atom. The Morgan fingerprint density at radius 1 is 1.33 bits per heavy atom. The molecule has 0 spiro atoms. The Hall–Kier alpha value is -1.02. The van der Waals surface area contributed by atoms with Crippen molar-refractivity contribution < 1.29 is 0 Å². The van der Waals surface area contributed by atoms with E-state index in [0.717, 1.165) is 23.8 Å². The maximum absolute atomic E-state index is 5.79. The first-order chi connectivity index (χ1) is 7.09. The highest BCUT2D eigenvalue weighted by molar-refractivity contribution is 6.30. The van der Waals surface area contributed by atoms with Crippen molar-refractivity contribution in [3.05, 3.63) is 34.9 Å². The second-order valence-electron chi connectivity index (χ2n) is 3.84. The van der Waals surface area contributed by atoms with Crippen LogP contribution in [-0.4, -0.2) is 12.4 Å². The smallest absolute Gasteiger partial charge is 0.0962 e. The minimum atomic E-state index is 0.329. The summed E-state index contributed by atoms with van der Waals surface area (Å²) in [6.45, 7) is 4.83. The lowest BCUT2D eigenvalue weighted by Gasteiger charge is -2.04. The van der Waals surface area contributed by atoms with E-state index in [-0.39, 0.29) is 0 Å². The van der Waals surface area contributed by atoms with E-state index < -0.39 is 0 Å². The van der Waals surface area contributed by atoms with Crippen LogP contribution < -0.4 is 5.73 Å². The summed E-state index contributed by atoms with van der Waals surface area (Å²) in [4.78, 5) is 4.30. The van der Waals surface area contributed by atoms with Crippen molar-refractivity contribution >= 4 is 17.4 Å². The Bertz CT molecular complexity index is 328. The number of hydrogen-bond acceptors (Lipinski definition) is 1. The molecule has 0 radical (unpaired) electrons. The lowest BCUT2D eigenvalue weighted by atomic mass is 10.1. The summed E-state index contributed by atoms with van der Waals surface area (Å²) in [5.41, 5.74) is 6.97. The molecule has 2 nitrogen and oxygen atoms in total. The quantitative estimate of drug-likeness (QED) is 0.620. The normalized spacial score (nSPS) is 12.1. The molecule has 15 heavy (non-hydrogen) atoms. The van der Waals surface area contributed by atoms with Crippen LogP contribution in [0.5, 0.6) is 0 Å². The molecule has 82 valence electrons. The molecule has 0 heterocycles. The monoisotopic (exact) mass is 224 g/mol. The lowest BCUT2D eigenvalue weighted by Crippen LogP contribution is -2.19. The lowest BCUT2D eigenvalue weighted by molar-refractivity contribution is 0.848. The third kappa shape index (κ3) is 4.34. The third-order valence-electron chi connectivity index (χ3n) is 2.20. The zero-order chi connectivity index (χ0) is 11.3. The van der Waals surface area contributed by atoms with E-state index in [1.807, 2.05) is 38.1 Å². The molecular formula is C12H17ClN2. The molecule has 0 unspecified atom stereocenters. The van der Waals surface area contributed by atoms with Gasteiger partial charge in [0.1, 0.15) is 0 Å². The predicted octanol–water partition coefficient (Wildman–Crippen LogP) is 2.90. The topological polar surface area (TPSA) is 38.4 Å². The number of rotatable bonds is 4. The van der Waals surface area contributed by atoms with Gasteiger partial charge in [-0.05, 0) is 24.1 Å². The van der Waals surface area contributed by atoms with E-state index >= 15 is 0 Å². The maximum atomic E-state index is 5.79. The SMILES string of the molecule is CC(C)C(N)=NCCc1ccc(Cl)cc1. The molecule has 1 rings (SSSR count). The van der Waals surface area contributed by atoms with Crippen molar-refractivity contribution in [1.82, 2.24) is 0 Å². The number of aliphatic imine (C=N–C) groups is 1. The van der Waals surface area contributed by atoms with E-state index in [1.165, 1.54) is 5.56 Å². The van der Waals surface area contributed by atoms with E-state index in [4.69, 9.17) is 17.3 Å². The first-order valence-electron chi connectivity index (χ1n) is 5.14. The second kappa shape index (κ2) is 5.76. The molecular weight excluding hydrogens is 208 g/mol. The molecule has 0 amide bonds. The molecule has 3 heteroatoms. The average Bonchev–Trinajstić information content (AvgIpc) is 2.20. The average molecular weight is 225 g/mol. The van der Waals surface area contributed by atoms with Gasteiger partial charge in [0.05, 0.1) is 5.84 Å². The number of nitrogens with two attached hydrogens (primary N) is 1. The fourth-order valence-electron chi connectivity index (χ4n) is 1.15. The molecule has 0 fully saturated rings. The van der Waals surface area contributed by atoms with Crippen molar-refractivity contribution in [3.8, 4) is 0 Å². The van der Waals surface area contributed by atoms with Crippen LogP contribution in [0.3, 0.4) is 0 Å². The van der Waals surface area contributed by atoms with Gasteiger partial charge in [-0.25, -0.2) is 0 Å². The van der Waals surface area contributed by atoms with Crippen LogP contribution in [0.25, 0.3) is 0 Å². The van der Waals surface area contributed by atoms with Crippen LogP contribution in [0, 0.1) is 5.92 Å². The Balaban J connectivity index is 2.44. The molecule has 0 bridgehead atoms.